The van der Waals surface area contributed by atoms with E-state index in [9.17, 15) is 26.3 Å². The fraction of sp³-hybridized carbons (Fsp3) is 0.292. The van der Waals surface area contributed by atoms with Crippen molar-refractivity contribution in [3.63, 3.8) is 0 Å². The van der Waals surface area contributed by atoms with Gasteiger partial charge in [0.1, 0.15) is 29.0 Å². The molecule has 5 rings (SSSR count). The molecule has 4 heterocycles. The van der Waals surface area contributed by atoms with Crippen LogP contribution in [0.2, 0.25) is 5.02 Å². The number of aromatic nitrogens is 4. The number of benzene rings is 1. The number of aryl methyl sites for hydroxylation is 1. The van der Waals surface area contributed by atoms with Gasteiger partial charge in [-0.3, -0.25) is 0 Å². The first-order chi connectivity index (χ1) is 17.3. The number of hydrogen-bond donors (Lipinski definition) is 2. The maximum atomic E-state index is 14.6. The summed E-state index contributed by atoms with van der Waals surface area (Å²) in [6, 6.07) is 9.32. The lowest BCUT2D eigenvalue weighted by molar-refractivity contribution is -0.284. The van der Waals surface area contributed by atoms with Crippen LogP contribution < -0.4 is 11.1 Å². The number of anilines is 2. The van der Waals surface area contributed by atoms with Crippen LogP contribution in [0.4, 0.5) is 38.0 Å². The molecule has 0 saturated heterocycles. The molecule has 0 spiro atoms. The van der Waals surface area contributed by atoms with Gasteiger partial charge in [0.2, 0.25) is 0 Å². The smallest absolute Gasteiger partial charge is 0.383 e. The first-order valence-corrected chi connectivity index (χ1v) is 11.5. The van der Waals surface area contributed by atoms with Gasteiger partial charge in [-0.15, -0.1) is 0 Å². The quantitative estimate of drug-likeness (QED) is 0.302. The summed E-state index contributed by atoms with van der Waals surface area (Å²) in [4.78, 5) is 13.2. The maximum absolute atomic E-state index is 14.6. The molecular formula is C24H19ClF6N6. The highest BCUT2D eigenvalue weighted by Crippen LogP contribution is 2.45. The van der Waals surface area contributed by atoms with E-state index in [0.29, 0.717) is 22.5 Å². The zero-order chi connectivity index (χ0) is 26.8. The molecule has 1 unspecified atom stereocenters. The molecule has 1 aromatic carbocycles. The summed E-state index contributed by atoms with van der Waals surface area (Å²) in [6.45, 7) is 2.08. The largest absolute Gasteiger partial charge is 0.453 e. The van der Waals surface area contributed by atoms with E-state index in [0.717, 1.165) is 0 Å². The molecule has 0 saturated carbocycles. The van der Waals surface area contributed by atoms with Crippen LogP contribution in [0.5, 0.6) is 0 Å². The van der Waals surface area contributed by atoms with Gasteiger partial charge in [0.25, 0.3) is 0 Å². The van der Waals surface area contributed by atoms with E-state index < -0.39 is 36.2 Å². The summed E-state index contributed by atoms with van der Waals surface area (Å²) in [7, 11) is 0. The van der Waals surface area contributed by atoms with E-state index >= 15 is 0 Å². The first-order valence-electron chi connectivity index (χ1n) is 11.1. The topological polar surface area (TPSA) is 81.1 Å². The van der Waals surface area contributed by atoms with Crippen LogP contribution >= 0.6 is 11.6 Å². The van der Waals surface area contributed by atoms with Gasteiger partial charge in [0.15, 0.2) is 5.82 Å². The summed E-state index contributed by atoms with van der Waals surface area (Å²) in [5, 5.41) is 3.33. The molecule has 0 radical (unpaired) electrons. The summed E-state index contributed by atoms with van der Waals surface area (Å²) < 4.78 is 81.3. The lowest BCUT2D eigenvalue weighted by atomic mass is 9.78. The number of hydrogen-bond acceptors (Lipinski definition) is 5. The minimum absolute atomic E-state index is 0.0233. The number of nitrogen functional groups attached to an aromatic ring is 1. The monoisotopic (exact) mass is 540 g/mol. The Hall–Kier alpha value is -3.54. The first kappa shape index (κ1) is 25.1. The van der Waals surface area contributed by atoms with E-state index in [-0.39, 0.29) is 34.7 Å². The lowest BCUT2D eigenvalue weighted by Gasteiger charge is -2.25. The van der Waals surface area contributed by atoms with Gasteiger partial charge in [0, 0.05) is 42.1 Å². The zero-order valence-electron chi connectivity index (χ0n) is 19.2. The number of imidazole rings is 1. The van der Waals surface area contributed by atoms with E-state index in [4.69, 9.17) is 17.3 Å². The molecule has 0 fully saturated rings. The van der Waals surface area contributed by atoms with Gasteiger partial charge in [-0.2, -0.15) is 22.0 Å². The average Bonchev–Trinajstić information content (AvgIpc) is 3.35. The fourth-order valence-electron chi connectivity index (χ4n) is 4.62. The molecular weight excluding hydrogens is 522 g/mol. The third-order valence-corrected chi connectivity index (χ3v) is 6.75. The van der Waals surface area contributed by atoms with E-state index in [1.165, 1.54) is 28.8 Å². The Morgan fingerprint density at radius 2 is 1.81 bits per heavy atom. The molecule has 37 heavy (non-hydrogen) atoms. The predicted molar refractivity (Wildman–Crippen MR) is 126 cm³/mol. The number of halogens is 7. The molecule has 194 valence electrons. The molecule has 0 amide bonds. The van der Waals surface area contributed by atoms with Crippen molar-refractivity contribution < 1.29 is 26.3 Å². The highest BCUT2D eigenvalue weighted by atomic mass is 35.5. The Bertz CT molecular complexity index is 1520. The Kier molecular flexibility index (Phi) is 5.78. The second kappa shape index (κ2) is 8.51. The molecule has 1 atom stereocenters. The SMILES string of the molecule is CC1(c2ccccc2F)CNc2nc(-c3nc(CCC(F)(F)C(F)(F)F)n4cc(Cl)ccc34)nc(N)c21. The normalized spacial score (nSPS) is 17.7. The van der Waals surface area contributed by atoms with Crippen molar-refractivity contribution in [1.82, 2.24) is 19.4 Å². The Labute approximate surface area is 211 Å². The van der Waals surface area contributed by atoms with Gasteiger partial charge in [-0.1, -0.05) is 29.8 Å². The van der Waals surface area contributed by atoms with Crippen LogP contribution in [0.1, 0.15) is 30.3 Å². The van der Waals surface area contributed by atoms with Crippen molar-refractivity contribution >= 4 is 28.8 Å². The Morgan fingerprint density at radius 1 is 1.08 bits per heavy atom. The van der Waals surface area contributed by atoms with Crippen LogP contribution in [0.25, 0.3) is 17.0 Å². The second-order valence-corrected chi connectivity index (χ2v) is 9.44. The number of fused-ring (bicyclic) bond motifs is 2. The molecule has 13 heteroatoms. The highest BCUT2D eigenvalue weighted by molar-refractivity contribution is 6.30. The second-order valence-electron chi connectivity index (χ2n) is 9.00. The van der Waals surface area contributed by atoms with E-state index in [1.807, 2.05) is 0 Å². The zero-order valence-corrected chi connectivity index (χ0v) is 19.9. The fourth-order valence-corrected chi connectivity index (χ4v) is 4.78. The molecule has 6 nitrogen and oxygen atoms in total. The summed E-state index contributed by atoms with van der Waals surface area (Å²) in [6.07, 6.45) is -6.53. The summed E-state index contributed by atoms with van der Waals surface area (Å²) in [5.74, 6) is -4.98. The maximum Gasteiger partial charge on any atom is 0.453 e. The molecule has 4 aromatic rings. The van der Waals surface area contributed by atoms with Crippen molar-refractivity contribution in [1.29, 1.82) is 0 Å². The molecule has 3 N–H and O–H groups in total. The van der Waals surface area contributed by atoms with Crippen LogP contribution in [0.15, 0.2) is 42.6 Å². The van der Waals surface area contributed by atoms with Gasteiger partial charge in [-0.25, -0.2) is 19.3 Å². The molecule has 3 aromatic heterocycles. The van der Waals surface area contributed by atoms with Gasteiger partial charge < -0.3 is 15.5 Å². The number of alkyl halides is 5. The summed E-state index contributed by atoms with van der Waals surface area (Å²) >= 11 is 6.04. The third-order valence-electron chi connectivity index (χ3n) is 6.53. The van der Waals surface area contributed by atoms with Gasteiger partial charge in [-0.05, 0) is 25.1 Å². The van der Waals surface area contributed by atoms with Crippen LogP contribution in [-0.2, 0) is 11.8 Å². The van der Waals surface area contributed by atoms with E-state index in [1.54, 1.807) is 25.1 Å². The average molecular weight is 541 g/mol. The van der Waals surface area contributed by atoms with Crippen molar-refractivity contribution in [3.05, 3.63) is 70.4 Å². The number of rotatable bonds is 5. The Balaban J connectivity index is 1.59. The number of nitrogens with one attached hydrogen (secondary N) is 1. The number of nitrogens with zero attached hydrogens (tertiary/aromatic N) is 4. The molecule has 1 aliphatic rings. The van der Waals surface area contributed by atoms with E-state index in [2.05, 4.69) is 20.3 Å². The van der Waals surface area contributed by atoms with Crippen molar-refractivity contribution in [2.24, 2.45) is 0 Å². The predicted octanol–water partition coefficient (Wildman–Crippen LogP) is 6.03. The van der Waals surface area contributed by atoms with Gasteiger partial charge >= 0.3 is 12.1 Å². The summed E-state index contributed by atoms with van der Waals surface area (Å²) in [5.41, 5.74) is 6.79. The minimum Gasteiger partial charge on any atom is -0.383 e. The Morgan fingerprint density at radius 3 is 2.51 bits per heavy atom. The van der Waals surface area contributed by atoms with Crippen molar-refractivity contribution in [2.45, 2.75) is 37.3 Å². The van der Waals surface area contributed by atoms with Crippen molar-refractivity contribution in [3.8, 4) is 11.5 Å². The molecule has 1 aliphatic heterocycles. The molecule has 0 bridgehead atoms. The minimum atomic E-state index is -5.69. The van der Waals surface area contributed by atoms with Crippen LogP contribution in [-0.4, -0.2) is 38.0 Å². The standard InChI is InChI=1S/C24H19ClF6N6/c1-22(13-4-2-3-5-14(13)26)11-33-20-17(22)19(32)35-21(36-20)18-15-7-6-12(25)10-37(15)16(34-18)8-9-23(27,28)24(29,30)31/h2-7,10H,8-9,11H2,1H3,(H3,32,33,35,36). The number of nitrogens with two attached hydrogens (primary N) is 1. The van der Waals surface area contributed by atoms with Crippen LogP contribution in [0, 0.1) is 5.82 Å². The lowest BCUT2D eigenvalue weighted by Crippen LogP contribution is -2.36. The third kappa shape index (κ3) is 4.12. The molecule has 0 aliphatic carbocycles. The van der Waals surface area contributed by atoms with Crippen molar-refractivity contribution in [2.75, 3.05) is 17.6 Å². The number of pyridine rings is 1. The van der Waals surface area contributed by atoms with Gasteiger partial charge in [0.05, 0.1) is 10.5 Å². The van der Waals surface area contributed by atoms with Crippen LogP contribution in [0.3, 0.4) is 0 Å². The highest BCUT2D eigenvalue weighted by Gasteiger charge is 2.56.